The summed E-state index contributed by atoms with van der Waals surface area (Å²) in [6.07, 6.45) is 0. The second kappa shape index (κ2) is 9.85. The lowest BCUT2D eigenvalue weighted by molar-refractivity contribution is -0.119. The van der Waals surface area contributed by atoms with E-state index in [0.29, 0.717) is 5.02 Å². The molecule has 0 heterocycles. The van der Waals surface area contributed by atoms with E-state index >= 15 is 0 Å². The summed E-state index contributed by atoms with van der Waals surface area (Å²) in [4.78, 5) is 12.8. The predicted molar refractivity (Wildman–Crippen MR) is 122 cm³/mol. The van der Waals surface area contributed by atoms with Crippen molar-refractivity contribution in [1.82, 2.24) is 5.32 Å². The number of hydrogen-bond donors (Lipinski definition) is 1. The Morgan fingerprint density at radius 3 is 2.39 bits per heavy atom. The molecular formula is C23H23ClN2O4S. The van der Waals surface area contributed by atoms with Crippen LogP contribution in [0.2, 0.25) is 5.02 Å². The van der Waals surface area contributed by atoms with Crippen molar-refractivity contribution >= 4 is 33.2 Å². The van der Waals surface area contributed by atoms with Crippen molar-refractivity contribution in [2.45, 2.75) is 18.4 Å². The summed E-state index contributed by atoms with van der Waals surface area (Å²) < 4.78 is 33.2. The minimum Gasteiger partial charge on any atom is -0.495 e. The molecule has 1 amide bonds. The molecule has 0 aliphatic carbocycles. The van der Waals surface area contributed by atoms with E-state index in [9.17, 15) is 13.2 Å². The third-order valence-corrected chi connectivity index (χ3v) is 6.77. The van der Waals surface area contributed by atoms with Crippen molar-refractivity contribution in [3.63, 3.8) is 0 Å². The van der Waals surface area contributed by atoms with Crippen molar-refractivity contribution in [3.8, 4) is 5.75 Å². The summed E-state index contributed by atoms with van der Waals surface area (Å²) in [7, 11) is -2.63. The monoisotopic (exact) mass is 458 g/mol. The Morgan fingerprint density at radius 1 is 1.03 bits per heavy atom. The number of benzene rings is 3. The van der Waals surface area contributed by atoms with Crippen LogP contribution in [0.3, 0.4) is 0 Å². The topological polar surface area (TPSA) is 75.7 Å². The molecule has 0 fully saturated rings. The number of carbonyl (C=O) groups is 1. The fourth-order valence-electron chi connectivity index (χ4n) is 3.07. The Morgan fingerprint density at radius 2 is 1.71 bits per heavy atom. The van der Waals surface area contributed by atoms with Crippen molar-refractivity contribution < 1.29 is 17.9 Å². The molecule has 0 spiro atoms. The lowest BCUT2D eigenvalue weighted by atomic mass is 10.1. The van der Waals surface area contributed by atoms with Crippen molar-refractivity contribution in [1.29, 1.82) is 0 Å². The van der Waals surface area contributed by atoms with E-state index in [0.717, 1.165) is 15.4 Å². The van der Waals surface area contributed by atoms with Gasteiger partial charge in [0, 0.05) is 11.6 Å². The highest BCUT2D eigenvalue weighted by Crippen LogP contribution is 2.34. The Labute approximate surface area is 187 Å². The summed E-state index contributed by atoms with van der Waals surface area (Å²) >= 11 is 6.13. The molecule has 8 heteroatoms. The molecule has 0 aromatic heterocycles. The van der Waals surface area contributed by atoms with E-state index in [2.05, 4.69) is 5.32 Å². The summed E-state index contributed by atoms with van der Waals surface area (Å²) in [6, 6.07) is 20.2. The number of methoxy groups -OCH3 is 1. The van der Waals surface area contributed by atoms with Gasteiger partial charge in [0.1, 0.15) is 12.3 Å². The molecular weight excluding hydrogens is 436 g/mol. The summed E-state index contributed by atoms with van der Waals surface area (Å²) in [5.74, 6) is -0.166. The quantitative estimate of drug-likeness (QED) is 0.549. The SMILES string of the molecule is COc1ccc(Cl)cc1N(CC(=O)NCc1ccccc1C)S(=O)(=O)c1ccccc1. The zero-order valence-corrected chi connectivity index (χ0v) is 18.8. The molecule has 162 valence electrons. The average molecular weight is 459 g/mol. The average Bonchev–Trinajstić information content (AvgIpc) is 2.77. The van der Waals surface area contributed by atoms with Gasteiger partial charge in [-0.15, -0.1) is 0 Å². The van der Waals surface area contributed by atoms with Gasteiger partial charge in [0.15, 0.2) is 0 Å². The number of anilines is 1. The van der Waals surface area contributed by atoms with Crippen LogP contribution in [0.5, 0.6) is 5.75 Å². The minimum absolute atomic E-state index is 0.0590. The predicted octanol–water partition coefficient (Wildman–Crippen LogP) is 4.17. The molecule has 3 rings (SSSR count). The van der Waals surface area contributed by atoms with E-state index in [1.165, 1.54) is 25.3 Å². The maximum Gasteiger partial charge on any atom is 0.264 e. The van der Waals surface area contributed by atoms with Gasteiger partial charge in [-0.2, -0.15) is 0 Å². The van der Waals surface area contributed by atoms with Crippen LogP contribution in [0.1, 0.15) is 11.1 Å². The van der Waals surface area contributed by atoms with E-state index in [4.69, 9.17) is 16.3 Å². The fourth-order valence-corrected chi connectivity index (χ4v) is 4.68. The number of nitrogens with one attached hydrogen (secondary N) is 1. The fraction of sp³-hybridized carbons (Fsp3) is 0.174. The first-order chi connectivity index (χ1) is 14.8. The number of hydrogen-bond acceptors (Lipinski definition) is 4. The van der Waals surface area contributed by atoms with Gasteiger partial charge in [0.25, 0.3) is 10.0 Å². The van der Waals surface area contributed by atoms with Crippen LogP contribution in [-0.2, 0) is 21.4 Å². The van der Waals surface area contributed by atoms with Crippen molar-refractivity contribution in [3.05, 3.63) is 88.9 Å². The Balaban J connectivity index is 1.94. The van der Waals surface area contributed by atoms with Gasteiger partial charge >= 0.3 is 0 Å². The standard InChI is InChI=1S/C23H23ClN2O4S/c1-17-8-6-7-9-18(17)15-25-23(27)16-26(21-14-19(24)12-13-22(21)30-2)31(28,29)20-10-4-3-5-11-20/h3-14H,15-16H2,1-2H3,(H,25,27). The molecule has 1 N–H and O–H groups in total. The van der Waals surface area contributed by atoms with Crippen molar-refractivity contribution in [2.24, 2.45) is 0 Å². The third kappa shape index (κ3) is 5.37. The highest BCUT2D eigenvalue weighted by molar-refractivity contribution is 7.92. The second-order valence-corrected chi connectivity index (χ2v) is 9.14. The van der Waals surface area contributed by atoms with Crippen LogP contribution < -0.4 is 14.4 Å². The Hall–Kier alpha value is -3.03. The maximum atomic E-state index is 13.4. The van der Waals surface area contributed by atoms with Gasteiger partial charge in [0.05, 0.1) is 17.7 Å². The van der Waals surface area contributed by atoms with E-state index < -0.39 is 22.5 Å². The molecule has 0 saturated carbocycles. The number of nitrogens with zero attached hydrogens (tertiary/aromatic N) is 1. The molecule has 0 saturated heterocycles. The number of halogens is 1. The number of ether oxygens (including phenoxy) is 1. The highest BCUT2D eigenvalue weighted by Gasteiger charge is 2.29. The number of carbonyl (C=O) groups excluding carboxylic acids is 1. The van der Waals surface area contributed by atoms with Gasteiger partial charge < -0.3 is 10.1 Å². The first-order valence-corrected chi connectivity index (χ1v) is 11.4. The zero-order valence-electron chi connectivity index (χ0n) is 17.2. The minimum atomic E-state index is -4.06. The van der Waals surface area contributed by atoms with Gasteiger partial charge in [-0.3, -0.25) is 9.10 Å². The molecule has 0 radical (unpaired) electrons. The van der Waals surface area contributed by atoms with Gasteiger partial charge in [-0.05, 0) is 48.4 Å². The zero-order chi connectivity index (χ0) is 22.4. The van der Waals surface area contributed by atoms with Crippen LogP contribution in [0.4, 0.5) is 5.69 Å². The molecule has 0 aliphatic heterocycles. The number of amides is 1. The molecule has 0 atom stereocenters. The lowest BCUT2D eigenvalue weighted by Gasteiger charge is -2.26. The molecule has 6 nitrogen and oxygen atoms in total. The summed E-state index contributed by atoms with van der Waals surface area (Å²) in [5, 5.41) is 3.12. The molecule has 31 heavy (non-hydrogen) atoms. The molecule has 0 aliphatic rings. The summed E-state index contributed by atoms with van der Waals surface area (Å²) in [5.41, 5.74) is 2.17. The van der Waals surface area contributed by atoms with Crippen LogP contribution in [0, 0.1) is 6.92 Å². The molecule has 3 aromatic rings. The van der Waals surface area contributed by atoms with Gasteiger partial charge in [-0.1, -0.05) is 54.1 Å². The van der Waals surface area contributed by atoms with Crippen LogP contribution >= 0.6 is 11.6 Å². The first kappa shape index (κ1) is 22.7. The number of aryl methyl sites for hydroxylation is 1. The second-order valence-electron chi connectivity index (χ2n) is 6.84. The van der Waals surface area contributed by atoms with Gasteiger partial charge in [0.2, 0.25) is 5.91 Å². The van der Waals surface area contributed by atoms with Crippen LogP contribution in [-0.4, -0.2) is 28.0 Å². The molecule has 3 aromatic carbocycles. The Bertz CT molecular complexity index is 1170. The van der Waals surface area contributed by atoms with Gasteiger partial charge in [-0.25, -0.2) is 8.42 Å². The first-order valence-electron chi connectivity index (χ1n) is 9.55. The number of sulfonamides is 1. The lowest BCUT2D eigenvalue weighted by Crippen LogP contribution is -2.41. The number of rotatable bonds is 8. The normalized spacial score (nSPS) is 11.1. The van der Waals surface area contributed by atoms with E-state index in [1.807, 2.05) is 31.2 Å². The van der Waals surface area contributed by atoms with E-state index in [1.54, 1.807) is 30.3 Å². The Kier molecular flexibility index (Phi) is 7.20. The van der Waals surface area contributed by atoms with Crippen LogP contribution in [0.15, 0.2) is 77.7 Å². The van der Waals surface area contributed by atoms with E-state index in [-0.39, 0.29) is 22.9 Å². The smallest absolute Gasteiger partial charge is 0.264 e. The summed E-state index contributed by atoms with van der Waals surface area (Å²) in [6.45, 7) is 1.81. The third-order valence-electron chi connectivity index (χ3n) is 4.77. The highest BCUT2D eigenvalue weighted by atomic mass is 35.5. The van der Waals surface area contributed by atoms with Crippen molar-refractivity contribution in [2.75, 3.05) is 18.0 Å². The molecule has 0 bridgehead atoms. The maximum absolute atomic E-state index is 13.4. The van der Waals surface area contributed by atoms with Crippen LogP contribution in [0.25, 0.3) is 0 Å². The largest absolute Gasteiger partial charge is 0.495 e. The molecule has 0 unspecified atom stereocenters.